The first-order valence-electron chi connectivity index (χ1n) is 7.45. The molecule has 0 aliphatic heterocycles. The van der Waals surface area contributed by atoms with Crippen LogP contribution in [0.5, 0.6) is 0 Å². The first-order chi connectivity index (χ1) is 10.2. The molecule has 0 bridgehead atoms. The molecule has 0 saturated heterocycles. The number of esters is 1. The van der Waals surface area contributed by atoms with Gasteiger partial charge in [-0.1, -0.05) is 62.7 Å². The van der Waals surface area contributed by atoms with Gasteiger partial charge in [-0.2, -0.15) is 0 Å². The average Bonchev–Trinajstić information content (AvgIpc) is 2.54. The molecule has 2 aromatic rings. The number of carbonyl (C=O) groups is 1. The topological polar surface area (TPSA) is 38.3 Å². The number of nitrogens with one attached hydrogen (secondary N) is 1. The number of hydrogen-bond acceptors (Lipinski definition) is 3. The van der Waals surface area contributed by atoms with Crippen LogP contribution in [0.1, 0.15) is 25.8 Å². The van der Waals surface area contributed by atoms with Crippen LogP contribution < -0.4 is 5.32 Å². The number of hydrogen-bond donors (Lipinski definition) is 1. The van der Waals surface area contributed by atoms with E-state index < -0.39 is 0 Å². The van der Waals surface area contributed by atoms with Crippen molar-refractivity contribution in [2.45, 2.75) is 32.9 Å². The standard InChI is InChI=1S/C18H23NO2/c1-4-13(2)17(18(20)21-3)19-12-15-10-7-9-14-8-5-6-11-16(14)15/h5-11,13,17,19H,4,12H2,1-3H3. The third kappa shape index (κ3) is 3.61. The van der Waals surface area contributed by atoms with Crippen molar-refractivity contribution >= 4 is 16.7 Å². The second-order valence-electron chi connectivity index (χ2n) is 5.41. The fraction of sp³-hybridized carbons (Fsp3) is 0.389. The predicted octanol–water partition coefficient (Wildman–Crippen LogP) is 3.52. The number of carbonyl (C=O) groups excluding carboxylic acids is 1. The van der Waals surface area contributed by atoms with E-state index in [1.165, 1.54) is 23.4 Å². The van der Waals surface area contributed by atoms with Gasteiger partial charge in [0.25, 0.3) is 0 Å². The first kappa shape index (κ1) is 15.5. The molecule has 0 aromatic heterocycles. The first-order valence-corrected chi connectivity index (χ1v) is 7.45. The molecular formula is C18H23NO2. The van der Waals surface area contributed by atoms with Crippen LogP contribution in [0.25, 0.3) is 10.8 Å². The second-order valence-corrected chi connectivity index (χ2v) is 5.41. The molecule has 2 unspecified atom stereocenters. The molecular weight excluding hydrogens is 262 g/mol. The van der Waals surface area contributed by atoms with Gasteiger partial charge in [-0.15, -0.1) is 0 Å². The summed E-state index contributed by atoms with van der Waals surface area (Å²) in [5.74, 6) is 0.0528. The van der Waals surface area contributed by atoms with E-state index >= 15 is 0 Å². The van der Waals surface area contributed by atoms with Crippen LogP contribution in [0.4, 0.5) is 0 Å². The van der Waals surface area contributed by atoms with Gasteiger partial charge in [-0.25, -0.2) is 0 Å². The Hall–Kier alpha value is -1.87. The zero-order chi connectivity index (χ0) is 15.2. The summed E-state index contributed by atoms with van der Waals surface area (Å²) in [7, 11) is 1.44. The summed E-state index contributed by atoms with van der Waals surface area (Å²) in [6.07, 6.45) is 0.933. The van der Waals surface area contributed by atoms with Gasteiger partial charge < -0.3 is 10.1 Å². The highest BCUT2D eigenvalue weighted by molar-refractivity contribution is 5.85. The number of ether oxygens (including phenoxy) is 1. The number of fused-ring (bicyclic) bond motifs is 1. The Labute approximate surface area is 126 Å². The molecule has 0 aliphatic rings. The molecule has 2 atom stereocenters. The van der Waals surface area contributed by atoms with E-state index in [9.17, 15) is 4.79 Å². The van der Waals surface area contributed by atoms with Crippen LogP contribution in [-0.2, 0) is 16.1 Å². The highest BCUT2D eigenvalue weighted by atomic mass is 16.5. The van der Waals surface area contributed by atoms with E-state index in [0.29, 0.717) is 6.54 Å². The number of rotatable bonds is 6. The summed E-state index contributed by atoms with van der Waals surface area (Å²) < 4.78 is 4.91. The number of methoxy groups -OCH3 is 1. The van der Waals surface area contributed by atoms with Crippen LogP contribution in [0.3, 0.4) is 0 Å². The Bertz CT molecular complexity index is 604. The molecule has 2 aromatic carbocycles. The Morgan fingerprint density at radius 3 is 2.62 bits per heavy atom. The maximum atomic E-state index is 11.9. The second kappa shape index (κ2) is 7.23. The maximum absolute atomic E-state index is 11.9. The molecule has 0 saturated carbocycles. The van der Waals surface area contributed by atoms with Crippen molar-refractivity contribution in [2.75, 3.05) is 7.11 Å². The Balaban J connectivity index is 2.17. The molecule has 0 fully saturated rings. The minimum Gasteiger partial charge on any atom is -0.468 e. The van der Waals surface area contributed by atoms with Crippen molar-refractivity contribution in [2.24, 2.45) is 5.92 Å². The lowest BCUT2D eigenvalue weighted by molar-refractivity contribution is -0.144. The largest absolute Gasteiger partial charge is 0.468 e. The molecule has 0 amide bonds. The smallest absolute Gasteiger partial charge is 0.323 e. The van der Waals surface area contributed by atoms with Crippen LogP contribution in [-0.4, -0.2) is 19.1 Å². The molecule has 0 spiro atoms. The molecule has 21 heavy (non-hydrogen) atoms. The van der Waals surface area contributed by atoms with Gasteiger partial charge in [-0.3, -0.25) is 4.79 Å². The summed E-state index contributed by atoms with van der Waals surface area (Å²) >= 11 is 0. The Kier molecular flexibility index (Phi) is 5.34. The lowest BCUT2D eigenvalue weighted by atomic mass is 9.98. The molecule has 2 rings (SSSR count). The van der Waals surface area contributed by atoms with E-state index in [-0.39, 0.29) is 17.9 Å². The van der Waals surface area contributed by atoms with Crippen LogP contribution in [0.15, 0.2) is 42.5 Å². The monoisotopic (exact) mass is 285 g/mol. The number of benzene rings is 2. The molecule has 112 valence electrons. The maximum Gasteiger partial charge on any atom is 0.323 e. The van der Waals surface area contributed by atoms with E-state index in [2.05, 4.69) is 49.5 Å². The normalized spacial score (nSPS) is 13.9. The summed E-state index contributed by atoms with van der Waals surface area (Å²) in [5.41, 5.74) is 1.20. The SMILES string of the molecule is CCC(C)C(NCc1cccc2ccccc12)C(=O)OC. The van der Waals surface area contributed by atoms with Crippen molar-refractivity contribution in [3.05, 3.63) is 48.0 Å². The van der Waals surface area contributed by atoms with Crippen molar-refractivity contribution in [1.82, 2.24) is 5.32 Å². The molecule has 1 N–H and O–H groups in total. The fourth-order valence-corrected chi connectivity index (χ4v) is 2.55. The van der Waals surface area contributed by atoms with E-state index in [4.69, 9.17) is 4.74 Å². The van der Waals surface area contributed by atoms with Crippen LogP contribution in [0, 0.1) is 5.92 Å². The van der Waals surface area contributed by atoms with Gasteiger partial charge in [0.15, 0.2) is 0 Å². The van der Waals surface area contributed by atoms with Crippen molar-refractivity contribution < 1.29 is 9.53 Å². The Morgan fingerprint density at radius 2 is 1.90 bits per heavy atom. The summed E-state index contributed by atoms with van der Waals surface area (Å²) in [5, 5.41) is 5.80. The van der Waals surface area contributed by atoms with Gasteiger partial charge in [-0.05, 0) is 22.3 Å². The third-order valence-corrected chi connectivity index (χ3v) is 4.06. The van der Waals surface area contributed by atoms with Crippen LogP contribution >= 0.6 is 0 Å². The summed E-state index contributed by atoms with van der Waals surface area (Å²) in [4.78, 5) is 11.9. The van der Waals surface area contributed by atoms with E-state index in [1.807, 2.05) is 12.1 Å². The zero-order valence-corrected chi connectivity index (χ0v) is 12.9. The zero-order valence-electron chi connectivity index (χ0n) is 12.9. The van der Waals surface area contributed by atoms with Crippen molar-refractivity contribution in [3.8, 4) is 0 Å². The lowest BCUT2D eigenvalue weighted by Crippen LogP contribution is -2.42. The Morgan fingerprint density at radius 1 is 1.19 bits per heavy atom. The summed E-state index contributed by atoms with van der Waals surface area (Å²) in [6, 6.07) is 14.3. The van der Waals surface area contributed by atoms with Crippen molar-refractivity contribution in [1.29, 1.82) is 0 Å². The predicted molar refractivity (Wildman–Crippen MR) is 86.0 cm³/mol. The van der Waals surface area contributed by atoms with Gasteiger partial charge in [0.05, 0.1) is 7.11 Å². The van der Waals surface area contributed by atoms with E-state index in [0.717, 1.165) is 6.42 Å². The molecule has 0 radical (unpaired) electrons. The summed E-state index contributed by atoms with van der Waals surface area (Å²) in [6.45, 7) is 4.81. The molecule has 0 aliphatic carbocycles. The minimum atomic E-state index is -0.265. The highest BCUT2D eigenvalue weighted by Gasteiger charge is 2.24. The van der Waals surface area contributed by atoms with Crippen molar-refractivity contribution in [3.63, 3.8) is 0 Å². The third-order valence-electron chi connectivity index (χ3n) is 4.06. The van der Waals surface area contributed by atoms with Gasteiger partial charge in [0, 0.05) is 6.54 Å². The molecule has 3 heteroatoms. The van der Waals surface area contributed by atoms with Gasteiger partial charge in [0.2, 0.25) is 0 Å². The molecule has 0 heterocycles. The van der Waals surface area contributed by atoms with Crippen LogP contribution in [0.2, 0.25) is 0 Å². The highest BCUT2D eigenvalue weighted by Crippen LogP contribution is 2.19. The van der Waals surface area contributed by atoms with Gasteiger partial charge in [0.1, 0.15) is 6.04 Å². The van der Waals surface area contributed by atoms with E-state index in [1.54, 1.807) is 0 Å². The average molecular weight is 285 g/mol. The minimum absolute atomic E-state index is 0.190. The molecule has 3 nitrogen and oxygen atoms in total. The fourth-order valence-electron chi connectivity index (χ4n) is 2.55. The van der Waals surface area contributed by atoms with Gasteiger partial charge >= 0.3 is 5.97 Å². The lowest BCUT2D eigenvalue weighted by Gasteiger charge is -2.22. The quantitative estimate of drug-likeness (QED) is 0.825.